The van der Waals surface area contributed by atoms with Crippen LogP contribution in [0.4, 0.5) is 5.82 Å². The SMILES string of the molecule is COC(OC)c1cc(N2CCN(C)CC2)nc(SC)n1. The topological polar surface area (TPSA) is 50.7 Å². The highest BCUT2D eigenvalue weighted by Gasteiger charge is 2.19. The van der Waals surface area contributed by atoms with Gasteiger partial charge < -0.3 is 19.3 Å². The van der Waals surface area contributed by atoms with Gasteiger partial charge in [-0.05, 0) is 13.3 Å². The van der Waals surface area contributed by atoms with E-state index in [1.165, 1.54) is 11.8 Å². The van der Waals surface area contributed by atoms with E-state index in [0.717, 1.165) is 42.8 Å². The zero-order chi connectivity index (χ0) is 14.5. The summed E-state index contributed by atoms with van der Waals surface area (Å²) < 4.78 is 10.6. The number of rotatable bonds is 5. The van der Waals surface area contributed by atoms with Crippen molar-refractivity contribution in [3.05, 3.63) is 11.8 Å². The molecule has 0 N–H and O–H groups in total. The first-order chi connectivity index (χ1) is 9.67. The second-order valence-electron chi connectivity index (χ2n) is 4.73. The molecule has 20 heavy (non-hydrogen) atoms. The van der Waals surface area contributed by atoms with Gasteiger partial charge in [0.1, 0.15) is 11.5 Å². The lowest BCUT2D eigenvalue weighted by Crippen LogP contribution is -2.45. The van der Waals surface area contributed by atoms with Crippen LogP contribution < -0.4 is 4.90 Å². The maximum atomic E-state index is 5.30. The Kier molecular flexibility index (Phi) is 5.59. The van der Waals surface area contributed by atoms with Gasteiger partial charge in [0.25, 0.3) is 0 Å². The molecule has 1 aromatic rings. The van der Waals surface area contributed by atoms with E-state index in [9.17, 15) is 0 Å². The number of piperazine rings is 1. The van der Waals surface area contributed by atoms with Crippen LogP contribution in [-0.2, 0) is 9.47 Å². The number of methoxy groups -OCH3 is 2. The van der Waals surface area contributed by atoms with Gasteiger partial charge in [-0.3, -0.25) is 0 Å². The molecule has 0 aliphatic carbocycles. The highest BCUT2D eigenvalue weighted by molar-refractivity contribution is 7.98. The van der Waals surface area contributed by atoms with E-state index in [2.05, 4.69) is 26.8 Å². The quantitative estimate of drug-likeness (QED) is 0.460. The maximum absolute atomic E-state index is 5.30. The summed E-state index contributed by atoms with van der Waals surface area (Å²) in [4.78, 5) is 13.7. The Balaban J connectivity index is 2.25. The molecule has 2 rings (SSSR count). The molecule has 1 aliphatic rings. The van der Waals surface area contributed by atoms with Crippen molar-refractivity contribution in [2.24, 2.45) is 0 Å². The fraction of sp³-hybridized carbons (Fsp3) is 0.692. The third-order valence-electron chi connectivity index (χ3n) is 3.39. The molecule has 1 fully saturated rings. The lowest BCUT2D eigenvalue weighted by Gasteiger charge is -2.33. The standard InChI is InChI=1S/C13H22N4O2S/c1-16-5-7-17(8-6-16)11-9-10(12(18-2)19-3)14-13(15-11)20-4/h9,12H,5-8H2,1-4H3. The Morgan fingerprint density at radius 1 is 1.15 bits per heavy atom. The number of nitrogens with zero attached hydrogens (tertiary/aromatic N) is 4. The minimum Gasteiger partial charge on any atom is -0.354 e. The molecule has 0 unspecified atom stereocenters. The summed E-state index contributed by atoms with van der Waals surface area (Å²) in [5, 5.41) is 0.746. The number of aromatic nitrogens is 2. The van der Waals surface area contributed by atoms with Crippen LogP contribution in [0.25, 0.3) is 0 Å². The van der Waals surface area contributed by atoms with Crippen molar-refractivity contribution in [3.63, 3.8) is 0 Å². The summed E-state index contributed by atoms with van der Waals surface area (Å²) >= 11 is 1.53. The van der Waals surface area contributed by atoms with Gasteiger partial charge >= 0.3 is 0 Å². The van der Waals surface area contributed by atoms with E-state index in [-0.39, 0.29) is 0 Å². The van der Waals surface area contributed by atoms with E-state index in [1.54, 1.807) is 14.2 Å². The molecule has 1 aromatic heterocycles. The Bertz CT molecular complexity index is 434. The van der Waals surface area contributed by atoms with Gasteiger partial charge in [-0.15, -0.1) is 0 Å². The summed E-state index contributed by atoms with van der Waals surface area (Å²) in [6, 6.07) is 1.96. The number of hydrogen-bond donors (Lipinski definition) is 0. The summed E-state index contributed by atoms with van der Waals surface area (Å²) in [6.45, 7) is 4.05. The van der Waals surface area contributed by atoms with Crippen LogP contribution in [0.3, 0.4) is 0 Å². The predicted octanol–water partition coefficient (Wildman–Crippen LogP) is 1.24. The molecule has 0 spiro atoms. The zero-order valence-corrected chi connectivity index (χ0v) is 13.3. The smallest absolute Gasteiger partial charge is 0.200 e. The Morgan fingerprint density at radius 3 is 2.35 bits per heavy atom. The van der Waals surface area contributed by atoms with Crippen molar-refractivity contribution in [1.82, 2.24) is 14.9 Å². The van der Waals surface area contributed by atoms with Gasteiger partial charge in [0.15, 0.2) is 5.16 Å². The zero-order valence-electron chi connectivity index (χ0n) is 12.5. The number of likely N-dealkylation sites (N-methyl/N-ethyl adjacent to an activating group) is 1. The lowest BCUT2D eigenvalue weighted by atomic mass is 10.3. The van der Waals surface area contributed by atoms with Crippen LogP contribution in [0.5, 0.6) is 0 Å². The predicted molar refractivity (Wildman–Crippen MR) is 80.3 cm³/mol. The Labute approximate surface area is 124 Å². The number of anilines is 1. The highest BCUT2D eigenvalue weighted by Crippen LogP contribution is 2.24. The summed E-state index contributed by atoms with van der Waals surface area (Å²) in [6.07, 6.45) is 1.52. The molecule has 2 heterocycles. The van der Waals surface area contributed by atoms with Crippen LogP contribution in [0, 0.1) is 0 Å². The third kappa shape index (κ3) is 3.60. The molecule has 6 nitrogen and oxygen atoms in total. The Hall–Kier alpha value is -0.890. The number of thioether (sulfide) groups is 1. The molecular weight excluding hydrogens is 276 g/mol. The molecule has 0 amide bonds. The van der Waals surface area contributed by atoms with Crippen molar-refractivity contribution >= 4 is 17.6 Å². The minimum absolute atomic E-state index is 0.449. The molecule has 0 aromatic carbocycles. The van der Waals surface area contributed by atoms with E-state index in [1.807, 2.05) is 12.3 Å². The van der Waals surface area contributed by atoms with E-state index in [4.69, 9.17) is 9.47 Å². The second kappa shape index (κ2) is 7.21. The molecule has 0 saturated carbocycles. The number of ether oxygens (including phenoxy) is 2. The van der Waals surface area contributed by atoms with E-state index < -0.39 is 6.29 Å². The van der Waals surface area contributed by atoms with Crippen molar-refractivity contribution in [3.8, 4) is 0 Å². The number of hydrogen-bond acceptors (Lipinski definition) is 7. The fourth-order valence-corrected chi connectivity index (χ4v) is 2.56. The Morgan fingerprint density at radius 2 is 1.80 bits per heavy atom. The average molecular weight is 298 g/mol. The largest absolute Gasteiger partial charge is 0.354 e. The molecule has 1 aliphatic heterocycles. The van der Waals surface area contributed by atoms with Gasteiger partial charge in [-0.25, -0.2) is 9.97 Å². The van der Waals surface area contributed by atoms with Gasteiger partial charge in [0.05, 0.1) is 0 Å². The maximum Gasteiger partial charge on any atom is 0.200 e. The van der Waals surface area contributed by atoms with Crippen LogP contribution in [0.2, 0.25) is 0 Å². The van der Waals surface area contributed by atoms with Crippen molar-refractivity contribution in [2.45, 2.75) is 11.4 Å². The second-order valence-corrected chi connectivity index (χ2v) is 5.50. The molecule has 0 radical (unpaired) electrons. The van der Waals surface area contributed by atoms with Gasteiger partial charge in [0.2, 0.25) is 6.29 Å². The molecular formula is C13H22N4O2S. The monoisotopic (exact) mass is 298 g/mol. The van der Waals surface area contributed by atoms with Crippen LogP contribution >= 0.6 is 11.8 Å². The molecule has 0 atom stereocenters. The van der Waals surface area contributed by atoms with Crippen LogP contribution in [0.15, 0.2) is 11.2 Å². The molecule has 1 saturated heterocycles. The van der Waals surface area contributed by atoms with Crippen molar-refractivity contribution in [2.75, 3.05) is 58.6 Å². The first-order valence-corrected chi connectivity index (χ1v) is 7.82. The van der Waals surface area contributed by atoms with Gasteiger partial charge in [0, 0.05) is 46.5 Å². The van der Waals surface area contributed by atoms with Gasteiger partial charge in [-0.2, -0.15) is 0 Å². The van der Waals surface area contributed by atoms with Gasteiger partial charge in [-0.1, -0.05) is 11.8 Å². The fourth-order valence-electron chi connectivity index (χ4n) is 2.18. The average Bonchev–Trinajstić information content (AvgIpc) is 2.49. The third-order valence-corrected chi connectivity index (χ3v) is 3.94. The van der Waals surface area contributed by atoms with Crippen molar-refractivity contribution < 1.29 is 9.47 Å². The first-order valence-electron chi connectivity index (χ1n) is 6.60. The molecule has 0 bridgehead atoms. The van der Waals surface area contributed by atoms with Crippen molar-refractivity contribution in [1.29, 1.82) is 0 Å². The van der Waals surface area contributed by atoms with E-state index >= 15 is 0 Å². The summed E-state index contributed by atoms with van der Waals surface area (Å²) in [5.41, 5.74) is 0.767. The normalized spacial score (nSPS) is 16.9. The summed E-state index contributed by atoms with van der Waals surface area (Å²) in [7, 11) is 5.37. The minimum atomic E-state index is -0.449. The molecule has 7 heteroatoms. The van der Waals surface area contributed by atoms with Crippen LogP contribution in [-0.4, -0.2) is 68.6 Å². The van der Waals surface area contributed by atoms with Crippen LogP contribution in [0.1, 0.15) is 12.0 Å². The molecule has 112 valence electrons. The summed E-state index contributed by atoms with van der Waals surface area (Å²) in [5.74, 6) is 0.951. The van der Waals surface area contributed by atoms with E-state index in [0.29, 0.717) is 0 Å². The lowest BCUT2D eigenvalue weighted by molar-refractivity contribution is -0.109. The first kappa shape index (κ1) is 15.5. The highest BCUT2D eigenvalue weighted by atomic mass is 32.2.